The quantitative estimate of drug-likeness (QED) is 0.681. The third kappa shape index (κ3) is 3.32. The zero-order chi connectivity index (χ0) is 14.0. The van der Waals surface area contributed by atoms with Crippen molar-refractivity contribution in [3.63, 3.8) is 0 Å². The molecule has 1 fully saturated rings. The van der Waals surface area contributed by atoms with Gasteiger partial charge in [0.15, 0.2) is 0 Å². The van der Waals surface area contributed by atoms with Gasteiger partial charge in [-0.3, -0.25) is 15.0 Å². The van der Waals surface area contributed by atoms with Crippen molar-refractivity contribution < 1.29 is 4.92 Å². The molecule has 5 nitrogen and oxygen atoms in total. The van der Waals surface area contributed by atoms with Crippen LogP contribution >= 0.6 is 11.3 Å². The van der Waals surface area contributed by atoms with E-state index >= 15 is 0 Å². The number of likely N-dealkylation sites (tertiary alicyclic amines) is 1. The first-order valence-corrected chi connectivity index (χ1v) is 7.54. The molecule has 2 atom stereocenters. The van der Waals surface area contributed by atoms with Gasteiger partial charge in [-0.15, -0.1) is 0 Å². The standard InChI is InChI=1S/C13H21N3O2S/c1-9(2)8-15-7-3-4-10(14)13(15)11-5-6-12(19-11)16(17)18/h5-6,9-10,13H,3-4,7-8,14H2,1-2H3. The van der Waals surface area contributed by atoms with E-state index in [1.165, 1.54) is 11.3 Å². The van der Waals surface area contributed by atoms with Crippen LogP contribution in [0.15, 0.2) is 12.1 Å². The molecule has 2 unspecified atom stereocenters. The monoisotopic (exact) mass is 283 g/mol. The van der Waals surface area contributed by atoms with E-state index in [-0.39, 0.29) is 22.0 Å². The lowest BCUT2D eigenvalue weighted by Gasteiger charge is -2.40. The Balaban J connectivity index is 2.22. The maximum absolute atomic E-state index is 10.8. The van der Waals surface area contributed by atoms with E-state index in [0.29, 0.717) is 5.92 Å². The second-order valence-corrected chi connectivity index (χ2v) is 6.67. The minimum atomic E-state index is -0.324. The lowest BCUT2D eigenvalue weighted by Crippen LogP contribution is -2.46. The largest absolute Gasteiger partial charge is 0.326 e. The van der Waals surface area contributed by atoms with E-state index in [1.807, 2.05) is 6.07 Å². The highest BCUT2D eigenvalue weighted by Gasteiger charge is 2.32. The molecular weight excluding hydrogens is 262 g/mol. The zero-order valence-corrected chi connectivity index (χ0v) is 12.2. The summed E-state index contributed by atoms with van der Waals surface area (Å²) < 4.78 is 0. The van der Waals surface area contributed by atoms with Crippen molar-refractivity contribution in [2.24, 2.45) is 11.7 Å². The van der Waals surface area contributed by atoms with Crippen LogP contribution in [0.25, 0.3) is 0 Å². The number of thiophene rings is 1. The summed E-state index contributed by atoms with van der Waals surface area (Å²) in [7, 11) is 0. The molecule has 0 spiro atoms. The van der Waals surface area contributed by atoms with Crippen LogP contribution in [0, 0.1) is 16.0 Å². The third-order valence-corrected chi connectivity index (χ3v) is 4.57. The fraction of sp³-hybridized carbons (Fsp3) is 0.692. The van der Waals surface area contributed by atoms with Gasteiger partial charge in [0.2, 0.25) is 0 Å². The molecule has 1 aliphatic rings. The van der Waals surface area contributed by atoms with E-state index in [0.717, 1.165) is 30.8 Å². The number of hydrogen-bond donors (Lipinski definition) is 1. The van der Waals surface area contributed by atoms with E-state index in [9.17, 15) is 10.1 Å². The first-order valence-electron chi connectivity index (χ1n) is 6.72. The van der Waals surface area contributed by atoms with Gasteiger partial charge >= 0.3 is 5.00 Å². The van der Waals surface area contributed by atoms with Gasteiger partial charge in [0.25, 0.3) is 0 Å². The van der Waals surface area contributed by atoms with Crippen molar-refractivity contribution in [2.45, 2.75) is 38.8 Å². The number of hydrogen-bond acceptors (Lipinski definition) is 5. The normalized spacial score (nSPS) is 24.8. The molecule has 0 radical (unpaired) electrons. The smallest absolute Gasteiger partial charge is 0.324 e. The van der Waals surface area contributed by atoms with Crippen molar-refractivity contribution in [1.29, 1.82) is 0 Å². The van der Waals surface area contributed by atoms with Gasteiger partial charge < -0.3 is 5.73 Å². The molecule has 2 N–H and O–H groups in total. The fourth-order valence-corrected chi connectivity index (χ4v) is 3.79. The molecule has 106 valence electrons. The van der Waals surface area contributed by atoms with Gasteiger partial charge in [0.05, 0.1) is 11.0 Å². The zero-order valence-electron chi connectivity index (χ0n) is 11.4. The molecule has 1 saturated heterocycles. The lowest BCUT2D eigenvalue weighted by molar-refractivity contribution is -0.380. The van der Waals surface area contributed by atoms with Crippen LogP contribution in [0.1, 0.15) is 37.6 Å². The van der Waals surface area contributed by atoms with Crippen LogP contribution in [0.2, 0.25) is 0 Å². The second kappa shape index (κ2) is 5.98. The molecule has 2 heterocycles. The summed E-state index contributed by atoms with van der Waals surface area (Å²) in [4.78, 5) is 13.9. The molecule has 0 aliphatic carbocycles. The number of nitrogens with two attached hydrogens (primary N) is 1. The summed E-state index contributed by atoms with van der Waals surface area (Å²) in [5.74, 6) is 0.572. The predicted molar refractivity (Wildman–Crippen MR) is 77.3 cm³/mol. The summed E-state index contributed by atoms with van der Waals surface area (Å²) in [6.07, 6.45) is 2.10. The van der Waals surface area contributed by atoms with Gasteiger partial charge in [-0.1, -0.05) is 25.2 Å². The molecule has 1 aromatic heterocycles. The van der Waals surface area contributed by atoms with E-state index in [4.69, 9.17) is 5.73 Å². The maximum Gasteiger partial charge on any atom is 0.324 e. The highest BCUT2D eigenvalue weighted by Crippen LogP contribution is 2.37. The van der Waals surface area contributed by atoms with E-state index < -0.39 is 0 Å². The van der Waals surface area contributed by atoms with Crippen molar-refractivity contribution in [3.05, 3.63) is 27.1 Å². The van der Waals surface area contributed by atoms with E-state index in [2.05, 4.69) is 18.7 Å². The van der Waals surface area contributed by atoms with Crippen LogP contribution in [0.3, 0.4) is 0 Å². The number of nitro groups is 1. The number of rotatable bonds is 4. The third-order valence-electron chi connectivity index (χ3n) is 3.47. The van der Waals surface area contributed by atoms with Crippen molar-refractivity contribution in [3.8, 4) is 0 Å². The van der Waals surface area contributed by atoms with Crippen LogP contribution in [0.5, 0.6) is 0 Å². The van der Waals surface area contributed by atoms with E-state index in [1.54, 1.807) is 6.07 Å². The summed E-state index contributed by atoms with van der Waals surface area (Å²) in [6.45, 7) is 6.40. The van der Waals surface area contributed by atoms with Crippen LogP contribution in [-0.4, -0.2) is 29.0 Å². The Kier molecular flexibility index (Phi) is 4.54. The second-order valence-electron chi connectivity index (χ2n) is 5.57. The molecular formula is C13H21N3O2S. The Hall–Kier alpha value is -0.980. The molecule has 1 aliphatic heterocycles. The van der Waals surface area contributed by atoms with Crippen LogP contribution in [0.4, 0.5) is 5.00 Å². The molecule has 0 saturated carbocycles. The van der Waals surface area contributed by atoms with Crippen LogP contribution in [-0.2, 0) is 0 Å². The molecule has 1 aromatic rings. The van der Waals surface area contributed by atoms with Gasteiger partial charge in [-0.05, 0) is 31.4 Å². The van der Waals surface area contributed by atoms with Crippen molar-refractivity contribution in [1.82, 2.24) is 4.90 Å². The number of nitrogens with zero attached hydrogens (tertiary/aromatic N) is 2. The van der Waals surface area contributed by atoms with Gasteiger partial charge in [-0.2, -0.15) is 0 Å². The molecule has 2 rings (SSSR count). The fourth-order valence-electron chi connectivity index (χ4n) is 2.76. The number of piperidine rings is 1. The first kappa shape index (κ1) is 14.4. The van der Waals surface area contributed by atoms with Crippen LogP contribution < -0.4 is 5.73 Å². The Morgan fingerprint density at radius 3 is 2.89 bits per heavy atom. The topological polar surface area (TPSA) is 72.4 Å². The summed E-state index contributed by atoms with van der Waals surface area (Å²) in [5, 5.41) is 11.0. The Morgan fingerprint density at radius 1 is 1.58 bits per heavy atom. The Morgan fingerprint density at radius 2 is 2.32 bits per heavy atom. The molecule has 0 bridgehead atoms. The highest BCUT2D eigenvalue weighted by atomic mass is 32.1. The summed E-state index contributed by atoms with van der Waals surface area (Å²) in [6, 6.07) is 3.67. The summed E-state index contributed by atoms with van der Waals surface area (Å²) >= 11 is 1.26. The van der Waals surface area contributed by atoms with Crippen molar-refractivity contribution in [2.75, 3.05) is 13.1 Å². The Bertz CT molecular complexity index is 447. The van der Waals surface area contributed by atoms with Gasteiger partial charge in [-0.25, -0.2) is 0 Å². The first-order chi connectivity index (χ1) is 8.99. The summed E-state index contributed by atoms with van der Waals surface area (Å²) in [5.41, 5.74) is 6.26. The highest BCUT2D eigenvalue weighted by molar-refractivity contribution is 7.15. The van der Waals surface area contributed by atoms with Gasteiger partial charge in [0.1, 0.15) is 0 Å². The molecule has 0 aromatic carbocycles. The average Bonchev–Trinajstić information content (AvgIpc) is 2.77. The van der Waals surface area contributed by atoms with Gasteiger partial charge in [0, 0.05) is 23.5 Å². The SMILES string of the molecule is CC(C)CN1CCCC(N)C1c1ccc([N+](=O)[O-])s1. The predicted octanol–water partition coefficient (Wildman–Crippen LogP) is 2.78. The minimum absolute atomic E-state index is 0.0748. The molecule has 0 amide bonds. The molecule has 19 heavy (non-hydrogen) atoms. The lowest BCUT2D eigenvalue weighted by atomic mass is 9.94. The maximum atomic E-state index is 10.8. The Labute approximate surface area is 117 Å². The average molecular weight is 283 g/mol. The van der Waals surface area contributed by atoms with Crippen molar-refractivity contribution >= 4 is 16.3 Å². The minimum Gasteiger partial charge on any atom is -0.326 e. The molecule has 6 heteroatoms.